The van der Waals surface area contributed by atoms with Gasteiger partial charge < -0.3 is 10.5 Å². The van der Waals surface area contributed by atoms with Gasteiger partial charge >= 0.3 is 5.97 Å². The molecule has 2 aromatic carbocycles. The van der Waals surface area contributed by atoms with Crippen molar-refractivity contribution in [3.63, 3.8) is 0 Å². The third-order valence-electron chi connectivity index (χ3n) is 2.87. The van der Waals surface area contributed by atoms with Crippen molar-refractivity contribution in [3.05, 3.63) is 60.7 Å². The molecule has 0 fully saturated rings. The van der Waals surface area contributed by atoms with Crippen molar-refractivity contribution >= 4 is 35.1 Å². The predicted octanol–water partition coefficient (Wildman–Crippen LogP) is 2.27. The first-order chi connectivity index (χ1) is 10.2. The molecule has 2 N–H and O–H groups in total. The standard InChI is InChI=1S/C16H18NO2PS/c1-19-16(18)15(17)12-21-20(13-8-4-2-5-9-13)14-10-6-3-7-11-14/h2-11,15H,12,17H2,1H3. The first-order valence-electron chi connectivity index (χ1n) is 6.59. The maximum atomic E-state index is 11.4. The van der Waals surface area contributed by atoms with E-state index in [4.69, 9.17) is 5.73 Å². The van der Waals surface area contributed by atoms with E-state index in [1.807, 2.05) is 36.4 Å². The molecule has 110 valence electrons. The van der Waals surface area contributed by atoms with E-state index in [2.05, 4.69) is 29.0 Å². The van der Waals surface area contributed by atoms with Crippen LogP contribution in [-0.2, 0) is 9.53 Å². The molecule has 0 heterocycles. The molecule has 0 saturated heterocycles. The summed E-state index contributed by atoms with van der Waals surface area (Å²) in [5.41, 5.74) is 5.85. The zero-order chi connectivity index (χ0) is 15.1. The Labute approximate surface area is 130 Å². The lowest BCUT2D eigenvalue weighted by molar-refractivity contribution is -0.141. The van der Waals surface area contributed by atoms with Gasteiger partial charge in [-0.3, -0.25) is 4.79 Å². The first kappa shape index (κ1) is 16.0. The van der Waals surface area contributed by atoms with Crippen LogP contribution in [0.3, 0.4) is 0 Å². The van der Waals surface area contributed by atoms with Crippen LogP contribution >= 0.6 is 18.5 Å². The number of benzene rings is 2. The highest BCUT2D eigenvalue weighted by atomic mass is 32.7. The molecule has 1 unspecified atom stereocenters. The van der Waals surface area contributed by atoms with Crippen LogP contribution in [-0.4, -0.2) is 24.9 Å². The third kappa shape index (κ3) is 4.57. The van der Waals surface area contributed by atoms with Gasteiger partial charge in [0.1, 0.15) is 6.04 Å². The number of hydrogen-bond acceptors (Lipinski definition) is 4. The van der Waals surface area contributed by atoms with E-state index in [0.29, 0.717) is 5.75 Å². The number of ether oxygens (including phenoxy) is 1. The van der Waals surface area contributed by atoms with Gasteiger partial charge in [0.05, 0.1) is 7.11 Å². The van der Waals surface area contributed by atoms with E-state index in [-0.39, 0.29) is 5.97 Å². The van der Waals surface area contributed by atoms with Crippen molar-refractivity contribution in [1.82, 2.24) is 0 Å². The monoisotopic (exact) mass is 319 g/mol. The lowest BCUT2D eigenvalue weighted by Crippen LogP contribution is -2.34. The Bertz CT molecular complexity index is 526. The van der Waals surface area contributed by atoms with Crippen LogP contribution in [0.4, 0.5) is 0 Å². The second-order valence-electron chi connectivity index (χ2n) is 4.39. The summed E-state index contributed by atoms with van der Waals surface area (Å²) in [5, 5.41) is 2.53. The highest BCUT2D eigenvalue weighted by Gasteiger charge is 2.19. The lowest BCUT2D eigenvalue weighted by atomic mass is 10.4. The van der Waals surface area contributed by atoms with Crippen LogP contribution < -0.4 is 16.3 Å². The molecular weight excluding hydrogens is 301 g/mol. The fourth-order valence-electron chi connectivity index (χ4n) is 1.80. The second kappa shape index (κ2) is 8.18. The van der Waals surface area contributed by atoms with Crippen molar-refractivity contribution in [2.45, 2.75) is 6.04 Å². The molecule has 2 rings (SSSR count). The minimum absolute atomic E-state index is 0.362. The summed E-state index contributed by atoms with van der Waals surface area (Å²) in [7, 11) is 0.781. The largest absolute Gasteiger partial charge is 0.468 e. The Balaban J connectivity index is 2.16. The molecule has 0 aliphatic carbocycles. The average molecular weight is 319 g/mol. The maximum absolute atomic E-state index is 11.4. The zero-order valence-electron chi connectivity index (χ0n) is 11.8. The number of nitrogens with two attached hydrogens (primary N) is 1. The Morgan fingerprint density at radius 1 is 1.10 bits per heavy atom. The van der Waals surface area contributed by atoms with E-state index in [1.54, 1.807) is 11.4 Å². The molecule has 0 saturated carbocycles. The number of methoxy groups -OCH3 is 1. The highest BCUT2D eigenvalue weighted by molar-refractivity contribution is 8.60. The number of carbonyl (C=O) groups excluding carboxylic acids is 1. The van der Waals surface area contributed by atoms with Crippen molar-refractivity contribution in [3.8, 4) is 0 Å². The van der Waals surface area contributed by atoms with E-state index in [9.17, 15) is 4.79 Å². The topological polar surface area (TPSA) is 52.3 Å². The van der Waals surface area contributed by atoms with E-state index in [0.717, 1.165) is 0 Å². The van der Waals surface area contributed by atoms with Crippen molar-refractivity contribution in [1.29, 1.82) is 0 Å². The van der Waals surface area contributed by atoms with Gasteiger partial charge in [0.25, 0.3) is 0 Å². The minimum atomic E-state index is -0.586. The molecule has 0 radical (unpaired) electrons. The summed E-state index contributed by atoms with van der Waals surface area (Å²) >= 11 is 1.72. The molecular formula is C16H18NO2PS. The van der Waals surface area contributed by atoms with E-state index < -0.39 is 13.2 Å². The second-order valence-corrected chi connectivity index (χ2v) is 8.47. The summed E-state index contributed by atoms with van der Waals surface area (Å²) in [5.74, 6) is 0.181. The fourth-order valence-corrected chi connectivity index (χ4v) is 6.28. The van der Waals surface area contributed by atoms with Crippen LogP contribution in [0.2, 0.25) is 0 Å². The third-order valence-corrected chi connectivity index (χ3v) is 7.66. The van der Waals surface area contributed by atoms with Gasteiger partial charge in [-0.2, -0.15) is 0 Å². The normalized spacial score (nSPS) is 12.1. The predicted molar refractivity (Wildman–Crippen MR) is 91.5 cm³/mol. The average Bonchev–Trinajstić information content (AvgIpc) is 2.56. The summed E-state index contributed by atoms with van der Waals surface area (Å²) in [6, 6.07) is 20.1. The zero-order valence-corrected chi connectivity index (χ0v) is 13.5. The molecule has 5 heteroatoms. The van der Waals surface area contributed by atoms with Crippen molar-refractivity contribution in [2.24, 2.45) is 5.73 Å². The molecule has 1 atom stereocenters. The number of hydrogen-bond donors (Lipinski definition) is 1. The first-order valence-corrected chi connectivity index (χ1v) is 9.52. The SMILES string of the molecule is COC(=O)C(N)CSP(c1ccccc1)c1ccccc1. The Morgan fingerprint density at radius 2 is 1.57 bits per heavy atom. The lowest BCUT2D eigenvalue weighted by Gasteiger charge is -2.19. The van der Waals surface area contributed by atoms with Gasteiger partial charge in [-0.25, -0.2) is 0 Å². The van der Waals surface area contributed by atoms with Gasteiger partial charge in [-0.05, 0) is 10.6 Å². The Kier molecular flexibility index (Phi) is 6.24. The van der Waals surface area contributed by atoms with Gasteiger partial charge in [-0.1, -0.05) is 60.7 Å². The molecule has 21 heavy (non-hydrogen) atoms. The Morgan fingerprint density at radius 3 is 2.00 bits per heavy atom. The van der Waals surface area contributed by atoms with Crippen LogP contribution in [0.5, 0.6) is 0 Å². The molecule has 2 aromatic rings. The van der Waals surface area contributed by atoms with Crippen LogP contribution in [0.15, 0.2) is 60.7 Å². The Hall–Kier alpha value is -1.35. The molecule has 0 aliphatic rings. The van der Waals surface area contributed by atoms with Gasteiger partial charge in [-0.15, -0.1) is 11.4 Å². The van der Waals surface area contributed by atoms with Crippen LogP contribution in [0.1, 0.15) is 0 Å². The van der Waals surface area contributed by atoms with Crippen molar-refractivity contribution in [2.75, 3.05) is 12.9 Å². The highest BCUT2D eigenvalue weighted by Crippen LogP contribution is 2.47. The smallest absolute Gasteiger partial charge is 0.323 e. The summed E-state index contributed by atoms with van der Waals surface area (Å²) in [6.45, 7) is 0. The van der Waals surface area contributed by atoms with E-state index >= 15 is 0 Å². The molecule has 0 amide bonds. The number of rotatable bonds is 6. The minimum Gasteiger partial charge on any atom is -0.468 e. The summed E-state index contributed by atoms with van der Waals surface area (Å²) < 4.78 is 4.69. The molecule has 0 spiro atoms. The molecule has 0 aromatic heterocycles. The number of carbonyl (C=O) groups is 1. The molecule has 3 nitrogen and oxygen atoms in total. The van der Waals surface area contributed by atoms with Crippen LogP contribution in [0.25, 0.3) is 0 Å². The number of esters is 1. The summed E-state index contributed by atoms with van der Waals surface area (Å²) in [6.07, 6.45) is 0. The maximum Gasteiger partial charge on any atom is 0.323 e. The van der Waals surface area contributed by atoms with E-state index in [1.165, 1.54) is 17.7 Å². The summed E-state index contributed by atoms with van der Waals surface area (Å²) in [4.78, 5) is 11.4. The molecule has 0 aliphatic heterocycles. The molecule has 0 bridgehead atoms. The van der Waals surface area contributed by atoms with Gasteiger partial charge in [0.15, 0.2) is 0 Å². The fraction of sp³-hybridized carbons (Fsp3) is 0.188. The quantitative estimate of drug-likeness (QED) is 0.655. The van der Waals surface area contributed by atoms with Crippen molar-refractivity contribution < 1.29 is 9.53 Å². The van der Waals surface area contributed by atoms with Gasteiger partial charge in [0, 0.05) is 12.9 Å². The van der Waals surface area contributed by atoms with Gasteiger partial charge in [0.2, 0.25) is 0 Å². The van der Waals surface area contributed by atoms with Crippen LogP contribution in [0, 0.1) is 0 Å².